The predicted molar refractivity (Wildman–Crippen MR) is 115 cm³/mol. The molecule has 1 aliphatic rings. The smallest absolute Gasteiger partial charge is 0.258 e. The molecular formula is C23H22N2O5. The van der Waals surface area contributed by atoms with Crippen molar-refractivity contribution in [3.63, 3.8) is 0 Å². The lowest BCUT2D eigenvalue weighted by Crippen LogP contribution is -2.25. The molecule has 0 aromatic heterocycles. The average molecular weight is 406 g/mol. The molecule has 1 heterocycles. The second-order valence-electron chi connectivity index (χ2n) is 6.78. The molecule has 0 aliphatic carbocycles. The number of hydrogen-bond acceptors (Lipinski definition) is 5. The second-order valence-corrected chi connectivity index (χ2v) is 6.78. The minimum Gasteiger partial charge on any atom is -0.493 e. The Morgan fingerprint density at radius 3 is 2.30 bits per heavy atom. The van der Waals surface area contributed by atoms with E-state index in [9.17, 15) is 9.59 Å². The highest BCUT2D eigenvalue weighted by molar-refractivity contribution is 6.27. The van der Waals surface area contributed by atoms with E-state index in [1.807, 2.05) is 37.3 Å². The Kier molecular flexibility index (Phi) is 4.95. The molecule has 30 heavy (non-hydrogen) atoms. The molecule has 154 valence electrons. The number of anilines is 2. The molecule has 2 amide bonds. The SMILES string of the molecule is CCN1C(=O)c2cccc3c(NC(=O)c4cc(OC)c(OC)c(OC)c4)ccc1c23. The van der Waals surface area contributed by atoms with Gasteiger partial charge in [-0.2, -0.15) is 0 Å². The number of carbonyl (C=O) groups is 2. The number of methoxy groups -OCH3 is 3. The summed E-state index contributed by atoms with van der Waals surface area (Å²) in [6.07, 6.45) is 0. The van der Waals surface area contributed by atoms with Gasteiger partial charge in [-0.3, -0.25) is 9.59 Å². The highest BCUT2D eigenvalue weighted by Crippen LogP contribution is 2.41. The minimum atomic E-state index is -0.327. The molecule has 0 atom stereocenters. The van der Waals surface area contributed by atoms with Gasteiger partial charge in [0.2, 0.25) is 5.75 Å². The van der Waals surface area contributed by atoms with E-state index in [0.29, 0.717) is 40.6 Å². The summed E-state index contributed by atoms with van der Waals surface area (Å²) in [5, 5.41) is 4.62. The maximum atomic E-state index is 13.0. The van der Waals surface area contributed by atoms with Gasteiger partial charge >= 0.3 is 0 Å². The van der Waals surface area contributed by atoms with Crippen LogP contribution in [0.5, 0.6) is 17.2 Å². The van der Waals surface area contributed by atoms with Crippen LogP contribution in [0.1, 0.15) is 27.6 Å². The zero-order valence-electron chi connectivity index (χ0n) is 17.2. The first kappa shape index (κ1) is 19.6. The molecule has 1 N–H and O–H groups in total. The number of benzene rings is 3. The molecule has 0 saturated heterocycles. The van der Waals surface area contributed by atoms with Crippen LogP contribution in [0.2, 0.25) is 0 Å². The normalized spacial score (nSPS) is 12.3. The van der Waals surface area contributed by atoms with Crippen LogP contribution in [-0.4, -0.2) is 39.7 Å². The predicted octanol–water partition coefficient (Wildman–Crippen LogP) is 4.10. The summed E-state index contributed by atoms with van der Waals surface area (Å²) >= 11 is 0. The summed E-state index contributed by atoms with van der Waals surface area (Å²) in [6.45, 7) is 2.52. The Balaban J connectivity index is 1.76. The first-order chi connectivity index (χ1) is 14.5. The van der Waals surface area contributed by atoms with Crippen LogP contribution >= 0.6 is 0 Å². The lowest BCUT2D eigenvalue weighted by Gasteiger charge is -2.16. The molecule has 0 saturated carbocycles. The van der Waals surface area contributed by atoms with Crippen LogP contribution in [0.4, 0.5) is 11.4 Å². The summed E-state index contributed by atoms with van der Waals surface area (Å²) < 4.78 is 16.0. The molecule has 0 fully saturated rings. The van der Waals surface area contributed by atoms with Gasteiger partial charge in [0.25, 0.3) is 11.8 Å². The van der Waals surface area contributed by atoms with E-state index in [2.05, 4.69) is 5.32 Å². The number of hydrogen-bond donors (Lipinski definition) is 1. The fourth-order valence-electron chi connectivity index (χ4n) is 3.88. The molecule has 0 bridgehead atoms. The van der Waals surface area contributed by atoms with Gasteiger partial charge in [-0.05, 0) is 37.3 Å². The van der Waals surface area contributed by atoms with Gasteiger partial charge in [-0.25, -0.2) is 0 Å². The Morgan fingerprint density at radius 2 is 1.70 bits per heavy atom. The van der Waals surface area contributed by atoms with Gasteiger partial charge < -0.3 is 24.4 Å². The molecule has 0 radical (unpaired) electrons. The maximum absolute atomic E-state index is 13.0. The number of ether oxygens (including phenoxy) is 3. The first-order valence-electron chi connectivity index (χ1n) is 9.53. The zero-order chi connectivity index (χ0) is 21.4. The number of rotatable bonds is 6. The van der Waals surface area contributed by atoms with E-state index < -0.39 is 0 Å². The quantitative estimate of drug-likeness (QED) is 0.667. The van der Waals surface area contributed by atoms with Crippen molar-refractivity contribution in [2.75, 3.05) is 38.1 Å². The monoisotopic (exact) mass is 406 g/mol. The maximum Gasteiger partial charge on any atom is 0.258 e. The van der Waals surface area contributed by atoms with Crippen molar-refractivity contribution in [2.24, 2.45) is 0 Å². The number of nitrogens with zero attached hydrogens (tertiary/aromatic N) is 1. The third-order valence-electron chi connectivity index (χ3n) is 5.28. The van der Waals surface area contributed by atoms with Crippen LogP contribution in [0.15, 0.2) is 42.5 Å². The fourth-order valence-corrected chi connectivity index (χ4v) is 3.88. The molecular weight excluding hydrogens is 384 g/mol. The summed E-state index contributed by atoms with van der Waals surface area (Å²) in [7, 11) is 4.51. The van der Waals surface area contributed by atoms with Gasteiger partial charge in [-0.15, -0.1) is 0 Å². The van der Waals surface area contributed by atoms with E-state index in [4.69, 9.17) is 14.2 Å². The van der Waals surface area contributed by atoms with E-state index in [1.54, 1.807) is 17.0 Å². The summed E-state index contributed by atoms with van der Waals surface area (Å²) in [5.41, 5.74) is 2.49. The van der Waals surface area contributed by atoms with Crippen molar-refractivity contribution < 1.29 is 23.8 Å². The first-order valence-corrected chi connectivity index (χ1v) is 9.53. The van der Waals surface area contributed by atoms with Crippen molar-refractivity contribution in [1.82, 2.24) is 0 Å². The summed E-state index contributed by atoms with van der Waals surface area (Å²) in [4.78, 5) is 27.4. The Hall–Kier alpha value is -3.74. The van der Waals surface area contributed by atoms with E-state index in [-0.39, 0.29) is 11.8 Å². The van der Waals surface area contributed by atoms with Gasteiger partial charge in [0.05, 0.1) is 27.0 Å². The highest BCUT2D eigenvalue weighted by Gasteiger charge is 2.29. The van der Waals surface area contributed by atoms with Crippen molar-refractivity contribution in [3.8, 4) is 17.2 Å². The van der Waals surface area contributed by atoms with Gasteiger partial charge in [-0.1, -0.05) is 12.1 Å². The third kappa shape index (κ3) is 2.90. The largest absolute Gasteiger partial charge is 0.493 e. The molecule has 0 unspecified atom stereocenters. The van der Waals surface area contributed by atoms with Crippen LogP contribution < -0.4 is 24.4 Å². The molecule has 3 aromatic rings. The standard InChI is InChI=1S/C23H22N2O5/c1-5-25-17-10-9-16(14-7-6-8-15(20(14)17)23(25)27)24-22(26)13-11-18(28-2)21(30-4)19(12-13)29-3/h6-12H,5H2,1-4H3,(H,24,26). The highest BCUT2D eigenvalue weighted by atomic mass is 16.5. The van der Waals surface area contributed by atoms with Crippen LogP contribution in [-0.2, 0) is 0 Å². The van der Waals surface area contributed by atoms with Crippen molar-refractivity contribution in [2.45, 2.75) is 6.92 Å². The Morgan fingerprint density at radius 1 is 1.00 bits per heavy atom. The fraction of sp³-hybridized carbons (Fsp3) is 0.217. The van der Waals surface area contributed by atoms with Crippen molar-refractivity contribution in [3.05, 3.63) is 53.6 Å². The molecule has 7 heteroatoms. The van der Waals surface area contributed by atoms with E-state index >= 15 is 0 Å². The zero-order valence-corrected chi connectivity index (χ0v) is 17.2. The topological polar surface area (TPSA) is 77.1 Å². The second kappa shape index (κ2) is 7.59. The van der Waals surface area contributed by atoms with Gasteiger partial charge in [0.15, 0.2) is 11.5 Å². The van der Waals surface area contributed by atoms with Gasteiger partial charge in [0, 0.05) is 34.1 Å². The van der Waals surface area contributed by atoms with Crippen LogP contribution in [0.25, 0.3) is 10.8 Å². The third-order valence-corrected chi connectivity index (χ3v) is 5.28. The lowest BCUT2D eigenvalue weighted by atomic mass is 10.0. The minimum absolute atomic E-state index is 0.0220. The average Bonchev–Trinajstić information content (AvgIpc) is 3.06. The lowest BCUT2D eigenvalue weighted by molar-refractivity contribution is 0.0992. The summed E-state index contributed by atoms with van der Waals surface area (Å²) in [5.74, 6) is 0.857. The van der Waals surface area contributed by atoms with Gasteiger partial charge in [0.1, 0.15) is 0 Å². The summed E-state index contributed by atoms with van der Waals surface area (Å²) in [6, 6.07) is 12.4. The number of amides is 2. The van der Waals surface area contributed by atoms with Crippen LogP contribution in [0.3, 0.4) is 0 Å². The molecule has 4 rings (SSSR count). The van der Waals surface area contributed by atoms with E-state index in [0.717, 1.165) is 16.5 Å². The number of nitrogens with one attached hydrogen (secondary N) is 1. The Bertz CT molecular complexity index is 1150. The number of carbonyl (C=O) groups excluding carboxylic acids is 2. The van der Waals surface area contributed by atoms with Crippen molar-refractivity contribution >= 4 is 34.0 Å². The van der Waals surface area contributed by atoms with Crippen molar-refractivity contribution in [1.29, 1.82) is 0 Å². The molecule has 3 aromatic carbocycles. The molecule has 7 nitrogen and oxygen atoms in total. The molecule has 1 aliphatic heterocycles. The Labute approximate surface area is 174 Å². The van der Waals surface area contributed by atoms with Crippen LogP contribution in [0, 0.1) is 0 Å². The van der Waals surface area contributed by atoms with E-state index in [1.165, 1.54) is 21.3 Å². The molecule has 0 spiro atoms.